The summed E-state index contributed by atoms with van der Waals surface area (Å²) in [5.41, 5.74) is 0.508. The lowest BCUT2D eigenvalue weighted by atomic mass is 10.3. The standard InChI is InChI=1S/C16H15BrClN7O2/c1-9(14-21-8-22-25(14)15-19-4-3-5-20-15)23-16(26)24-12-7-13(27-2)11(18)6-10(12)17/h3-9H,1-2H3,(H2,23,24,26)/t9-/m0/s1. The number of nitrogens with zero attached hydrogens (tertiary/aromatic N) is 5. The Hall–Kier alpha value is -2.72. The van der Waals surface area contributed by atoms with Gasteiger partial charge in [-0.25, -0.2) is 19.7 Å². The van der Waals surface area contributed by atoms with Crippen LogP contribution in [0.2, 0.25) is 5.02 Å². The first-order chi connectivity index (χ1) is 13.0. The average Bonchev–Trinajstić information content (AvgIpc) is 3.14. The highest BCUT2D eigenvalue weighted by molar-refractivity contribution is 9.10. The normalized spacial score (nSPS) is 11.7. The molecule has 0 bridgehead atoms. The summed E-state index contributed by atoms with van der Waals surface area (Å²) < 4.78 is 7.25. The van der Waals surface area contributed by atoms with Crippen LogP contribution in [0.15, 0.2) is 41.4 Å². The van der Waals surface area contributed by atoms with E-state index in [2.05, 4.69) is 46.6 Å². The zero-order chi connectivity index (χ0) is 19.4. The zero-order valence-corrected chi connectivity index (χ0v) is 16.7. The number of carbonyl (C=O) groups excluding carboxylic acids is 1. The number of halogens is 2. The molecule has 0 saturated carbocycles. The van der Waals surface area contributed by atoms with Crippen molar-refractivity contribution in [2.24, 2.45) is 0 Å². The highest BCUT2D eigenvalue weighted by atomic mass is 79.9. The number of rotatable bonds is 5. The molecule has 0 unspecified atom stereocenters. The molecule has 1 aromatic carbocycles. The first-order valence-corrected chi connectivity index (χ1v) is 8.94. The van der Waals surface area contributed by atoms with Crippen molar-refractivity contribution >= 4 is 39.2 Å². The van der Waals surface area contributed by atoms with E-state index < -0.39 is 12.1 Å². The van der Waals surface area contributed by atoms with Crippen LogP contribution in [-0.4, -0.2) is 37.9 Å². The molecule has 0 spiro atoms. The zero-order valence-electron chi connectivity index (χ0n) is 14.3. The number of hydrogen-bond donors (Lipinski definition) is 2. The fourth-order valence-electron chi connectivity index (χ4n) is 2.30. The van der Waals surface area contributed by atoms with Gasteiger partial charge in [-0.1, -0.05) is 11.6 Å². The number of carbonyl (C=O) groups is 1. The van der Waals surface area contributed by atoms with Crippen LogP contribution in [0.5, 0.6) is 5.75 Å². The quantitative estimate of drug-likeness (QED) is 0.615. The Morgan fingerprint density at radius 2 is 2.04 bits per heavy atom. The van der Waals surface area contributed by atoms with E-state index in [-0.39, 0.29) is 0 Å². The molecule has 27 heavy (non-hydrogen) atoms. The number of methoxy groups -OCH3 is 1. The number of benzene rings is 1. The van der Waals surface area contributed by atoms with Gasteiger partial charge in [0.15, 0.2) is 5.82 Å². The van der Waals surface area contributed by atoms with E-state index >= 15 is 0 Å². The Labute approximate surface area is 168 Å². The molecule has 9 nitrogen and oxygen atoms in total. The largest absolute Gasteiger partial charge is 0.495 e. The van der Waals surface area contributed by atoms with Gasteiger partial charge in [0, 0.05) is 22.9 Å². The van der Waals surface area contributed by atoms with Crippen molar-refractivity contribution in [3.63, 3.8) is 0 Å². The first kappa shape index (κ1) is 19.1. The molecule has 3 aromatic rings. The Balaban J connectivity index is 1.73. The second kappa shape index (κ2) is 8.31. The van der Waals surface area contributed by atoms with Gasteiger partial charge in [0.25, 0.3) is 5.95 Å². The molecule has 11 heteroatoms. The van der Waals surface area contributed by atoms with Crippen LogP contribution in [-0.2, 0) is 0 Å². The van der Waals surface area contributed by atoms with E-state index in [0.717, 1.165) is 0 Å². The predicted molar refractivity (Wildman–Crippen MR) is 103 cm³/mol. The summed E-state index contributed by atoms with van der Waals surface area (Å²) in [6.07, 6.45) is 4.58. The summed E-state index contributed by atoms with van der Waals surface area (Å²) in [6, 6.07) is 4.08. The van der Waals surface area contributed by atoms with Crippen LogP contribution in [0.4, 0.5) is 10.5 Å². The number of aromatic nitrogens is 5. The minimum atomic E-state index is -0.454. The molecular weight excluding hydrogens is 438 g/mol. The monoisotopic (exact) mass is 451 g/mol. The fourth-order valence-corrected chi connectivity index (χ4v) is 3.12. The minimum absolute atomic E-state index is 0.365. The van der Waals surface area contributed by atoms with Crippen LogP contribution in [0.3, 0.4) is 0 Å². The highest BCUT2D eigenvalue weighted by Crippen LogP contribution is 2.34. The van der Waals surface area contributed by atoms with E-state index in [4.69, 9.17) is 16.3 Å². The van der Waals surface area contributed by atoms with Crippen molar-refractivity contribution in [3.05, 3.63) is 52.2 Å². The topological polar surface area (TPSA) is 107 Å². The molecule has 0 radical (unpaired) electrons. The molecular formula is C16H15BrClN7O2. The first-order valence-electron chi connectivity index (χ1n) is 7.77. The number of urea groups is 1. The van der Waals surface area contributed by atoms with Gasteiger partial charge in [-0.05, 0) is 35.0 Å². The molecule has 140 valence electrons. The summed E-state index contributed by atoms with van der Waals surface area (Å²) in [5.74, 6) is 1.30. The SMILES string of the molecule is COc1cc(NC(=O)N[C@@H](C)c2ncnn2-c2ncccn2)c(Br)cc1Cl. The maximum absolute atomic E-state index is 12.4. The lowest BCUT2D eigenvalue weighted by molar-refractivity contribution is 0.248. The number of ether oxygens (including phenoxy) is 1. The molecule has 2 amide bonds. The molecule has 3 rings (SSSR count). The summed E-state index contributed by atoms with van der Waals surface area (Å²) in [7, 11) is 1.50. The van der Waals surface area contributed by atoms with Gasteiger partial charge in [0.1, 0.15) is 12.1 Å². The molecule has 0 aliphatic carbocycles. The van der Waals surface area contributed by atoms with E-state index in [1.807, 2.05) is 0 Å². The van der Waals surface area contributed by atoms with Crippen molar-refractivity contribution < 1.29 is 9.53 Å². The van der Waals surface area contributed by atoms with Crippen molar-refractivity contribution in [1.82, 2.24) is 30.0 Å². The smallest absolute Gasteiger partial charge is 0.319 e. The second-order valence-corrected chi connectivity index (χ2v) is 6.63. The van der Waals surface area contributed by atoms with E-state index in [0.29, 0.717) is 32.7 Å². The van der Waals surface area contributed by atoms with E-state index in [1.165, 1.54) is 18.1 Å². The van der Waals surface area contributed by atoms with E-state index in [1.54, 1.807) is 37.5 Å². The molecule has 0 aliphatic rings. The van der Waals surface area contributed by atoms with Gasteiger partial charge in [-0.3, -0.25) is 0 Å². The maximum Gasteiger partial charge on any atom is 0.319 e. The molecule has 0 saturated heterocycles. The van der Waals surface area contributed by atoms with Crippen molar-refractivity contribution in [3.8, 4) is 11.7 Å². The molecule has 1 atom stereocenters. The van der Waals surface area contributed by atoms with Crippen molar-refractivity contribution in [2.75, 3.05) is 12.4 Å². The van der Waals surface area contributed by atoms with Gasteiger partial charge in [-0.2, -0.15) is 9.78 Å². The number of nitrogens with one attached hydrogen (secondary N) is 2. The van der Waals surface area contributed by atoms with Gasteiger partial charge < -0.3 is 15.4 Å². The Morgan fingerprint density at radius 1 is 1.30 bits per heavy atom. The third-order valence-corrected chi connectivity index (χ3v) is 4.49. The number of hydrogen-bond acceptors (Lipinski definition) is 6. The molecule has 0 fully saturated rings. The molecule has 2 N–H and O–H groups in total. The molecule has 0 aliphatic heterocycles. The van der Waals surface area contributed by atoms with Crippen LogP contribution >= 0.6 is 27.5 Å². The summed E-state index contributed by atoms with van der Waals surface area (Å²) >= 11 is 9.41. The summed E-state index contributed by atoms with van der Waals surface area (Å²) in [5, 5.41) is 10.1. The lowest BCUT2D eigenvalue weighted by Crippen LogP contribution is -2.32. The van der Waals surface area contributed by atoms with Gasteiger partial charge in [0.2, 0.25) is 0 Å². The van der Waals surface area contributed by atoms with Crippen LogP contribution in [0, 0.1) is 0 Å². The van der Waals surface area contributed by atoms with Gasteiger partial charge >= 0.3 is 6.03 Å². The average molecular weight is 453 g/mol. The summed E-state index contributed by atoms with van der Waals surface area (Å²) in [4.78, 5) is 24.9. The third kappa shape index (κ3) is 4.34. The number of anilines is 1. The Bertz CT molecular complexity index is 951. The Kier molecular flexibility index (Phi) is 5.87. The van der Waals surface area contributed by atoms with Crippen LogP contribution in [0.1, 0.15) is 18.8 Å². The van der Waals surface area contributed by atoms with Gasteiger partial charge in [-0.15, -0.1) is 0 Å². The third-order valence-electron chi connectivity index (χ3n) is 3.54. The second-order valence-electron chi connectivity index (χ2n) is 5.37. The van der Waals surface area contributed by atoms with Crippen LogP contribution in [0.25, 0.3) is 5.95 Å². The molecule has 2 aromatic heterocycles. The van der Waals surface area contributed by atoms with Crippen molar-refractivity contribution in [1.29, 1.82) is 0 Å². The maximum atomic E-state index is 12.4. The fraction of sp³-hybridized carbons (Fsp3) is 0.188. The molecule has 2 heterocycles. The van der Waals surface area contributed by atoms with Crippen molar-refractivity contribution in [2.45, 2.75) is 13.0 Å². The summed E-state index contributed by atoms with van der Waals surface area (Å²) in [6.45, 7) is 1.78. The number of amides is 2. The van der Waals surface area contributed by atoms with E-state index in [9.17, 15) is 4.79 Å². The highest BCUT2D eigenvalue weighted by Gasteiger charge is 2.19. The lowest BCUT2D eigenvalue weighted by Gasteiger charge is -2.16. The minimum Gasteiger partial charge on any atom is -0.495 e. The predicted octanol–water partition coefficient (Wildman–Crippen LogP) is 3.36. The van der Waals surface area contributed by atoms with Gasteiger partial charge in [0.05, 0.1) is 23.9 Å². The Morgan fingerprint density at radius 3 is 2.74 bits per heavy atom. The van der Waals surface area contributed by atoms with Crippen LogP contribution < -0.4 is 15.4 Å².